The Kier molecular flexibility index (Phi) is 5.00. The zero-order chi connectivity index (χ0) is 22.6. The molecule has 1 aliphatic rings. The SMILES string of the molecule is Cc1cc(-c2ccc(C3(C(N)=O)CC3c3cccc(C(=N)N)c3)cc2)c(S(N)(=O)=O)s1. The number of sulfonamides is 1. The molecule has 1 fully saturated rings. The standard InChI is InChI=1S/C22H22N4O3S2/c1-12-9-17(20(30-12)31(26,28)29)13-5-7-16(8-6-13)22(21(25)27)11-18(22)14-3-2-4-15(10-14)19(23)24/h2-10,18H,11H2,1H3,(H3,23,24)(H2,25,27)(H2,26,28,29). The van der Waals surface area contributed by atoms with Crippen LogP contribution in [0.25, 0.3) is 11.1 Å². The summed E-state index contributed by atoms with van der Waals surface area (Å²) in [7, 11) is -3.84. The third-order valence-electron chi connectivity index (χ3n) is 5.79. The van der Waals surface area contributed by atoms with Gasteiger partial charge in [0.05, 0.1) is 5.41 Å². The quantitative estimate of drug-likeness (QED) is 0.334. The zero-order valence-corrected chi connectivity index (χ0v) is 18.4. The van der Waals surface area contributed by atoms with Crippen LogP contribution in [0, 0.1) is 12.3 Å². The van der Waals surface area contributed by atoms with Crippen LogP contribution in [-0.2, 0) is 20.2 Å². The van der Waals surface area contributed by atoms with E-state index in [1.165, 1.54) is 0 Å². The molecule has 0 aliphatic heterocycles. The summed E-state index contributed by atoms with van der Waals surface area (Å²) in [5, 5.41) is 13.0. The van der Waals surface area contributed by atoms with Crippen molar-refractivity contribution in [1.82, 2.24) is 0 Å². The number of amidine groups is 1. The molecule has 0 radical (unpaired) electrons. The lowest BCUT2D eigenvalue weighted by atomic mass is 9.88. The first-order valence-electron chi connectivity index (χ1n) is 9.52. The van der Waals surface area contributed by atoms with Gasteiger partial charge in [-0.2, -0.15) is 0 Å². The van der Waals surface area contributed by atoms with Crippen molar-refractivity contribution in [2.45, 2.75) is 28.9 Å². The Hall–Kier alpha value is -3.01. The Morgan fingerprint density at radius 3 is 2.39 bits per heavy atom. The molecule has 0 spiro atoms. The van der Waals surface area contributed by atoms with Crippen LogP contribution in [0.15, 0.2) is 58.8 Å². The van der Waals surface area contributed by atoms with Crippen LogP contribution >= 0.6 is 11.3 Å². The van der Waals surface area contributed by atoms with Crippen LogP contribution < -0.4 is 16.6 Å². The van der Waals surface area contributed by atoms with E-state index < -0.39 is 21.3 Å². The smallest absolute Gasteiger partial charge is 0.248 e. The number of nitrogens with one attached hydrogen (secondary N) is 1. The number of primary sulfonamides is 1. The predicted molar refractivity (Wildman–Crippen MR) is 122 cm³/mol. The molecule has 3 aromatic rings. The van der Waals surface area contributed by atoms with E-state index in [0.29, 0.717) is 23.1 Å². The minimum absolute atomic E-state index is 0.0340. The van der Waals surface area contributed by atoms with Gasteiger partial charge in [-0.15, -0.1) is 11.3 Å². The van der Waals surface area contributed by atoms with Crippen molar-refractivity contribution in [3.63, 3.8) is 0 Å². The second kappa shape index (κ2) is 7.30. The zero-order valence-electron chi connectivity index (χ0n) is 16.8. The first-order valence-corrected chi connectivity index (χ1v) is 11.9. The van der Waals surface area contributed by atoms with Crippen LogP contribution in [0.3, 0.4) is 0 Å². The highest BCUT2D eigenvalue weighted by atomic mass is 32.2. The summed E-state index contributed by atoms with van der Waals surface area (Å²) < 4.78 is 24.0. The van der Waals surface area contributed by atoms with E-state index >= 15 is 0 Å². The van der Waals surface area contributed by atoms with Gasteiger partial charge >= 0.3 is 0 Å². The molecule has 1 aliphatic carbocycles. The summed E-state index contributed by atoms with van der Waals surface area (Å²) in [4.78, 5) is 13.3. The normalized spacial score (nSPS) is 20.4. The number of thiophene rings is 1. The Balaban J connectivity index is 1.71. The first kappa shape index (κ1) is 21.2. The van der Waals surface area contributed by atoms with E-state index in [1.807, 2.05) is 37.3 Å². The fraction of sp³-hybridized carbons (Fsp3) is 0.182. The fourth-order valence-corrected chi connectivity index (χ4v) is 6.27. The van der Waals surface area contributed by atoms with Gasteiger partial charge in [0.25, 0.3) is 0 Å². The van der Waals surface area contributed by atoms with Crippen LogP contribution in [0.4, 0.5) is 0 Å². The van der Waals surface area contributed by atoms with Gasteiger partial charge in [0, 0.05) is 21.9 Å². The third-order valence-corrected chi connectivity index (χ3v) is 8.32. The fourth-order valence-electron chi connectivity index (χ4n) is 4.17. The number of hydrogen-bond acceptors (Lipinski definition) is 5. The number of benzene rings is 2. The first-order chi connectivity index (χ1) is 14.5. The second-order valence-electron chi connectivity index (χ2n) is 7.81. The summed E-state index contributed by atoms with van der Waals surface area (Å²) in [6.07, 6.45) is 0.559. The Bertz CT molecular complexity index is 1310. The molecule has 1 amide bonds. The van der Waals surface area contributed by atoms with Crippen LogP contribution in [0.1, 0.15) is 33.9 Å². The van der Waals surface area contributed by atoms with Crippen molar-refractivity contribution in [3.8, 4) is 11.1 Å². The topological polar surface area (TPSA) is 153 Å². The highest BCUT2D eigenvalue weighted by Crippen LogP contribution is 2.60. The molecular formula is C22H22N4O3S2. The van der Waals surface area contributed by atoms with Gasteiger partial charge in [-0.25, -0.2) is 13.6 Å². The summed E-state index contributed by atoms with van der Waals surface area (Å²) in [6, 6.07) is 16.3. The second-order valence-corrected chi connectivity index (χ2v) is 10.8. The Labute approximate surface area is 184 Å². The monoisotopic (exact) mass is 454 g/mol. The molecule has 7 nitrogen and oxygen atoms in total. The van der Waals surface area contributed by atoms with Gasteiger partial charge in [-0.1, -0.05) is 42.5 Å². The van der Waals surface area contributed by atoms with E-state index in [1.54, 1.807) is 24.3 Å². The maximum absolute atomic E-state index is 12.5. The maximum Gasteiger partial charge on any atom is 0.248 e. The predicted octanol–water partition coefficient (Wildman–Crippen LogP) is 2.57. The minimum Gasteiger partial charge on any atom is -0.384 e. The highest BCUT2D eigenvalue weighted by molar-refractivity contribution is 7.91. The van der Waals surface area contributed by atoms with Crippen LogP contribution in [-0.4, -0.2) is 20.2 Å². The average molecular weight is 455 g/mol. The van der Waals surface area contributed by atoms with Crippen molar-refractivity contribution in [2.24, 2.45) is 16.6 Å². The summed E-state index contributed by atoms with van der Waals surface area (Å²) in [5.41, 5.74) is 14.1. The number of carbonyl (C=O) groups excluding carboxylic acids is 1. The molecule has 0 bridgehead atoms. The number of amides is 1. The summed E-state index contributed by atoms with van der Waals surface area (Å²) >= 11 is 1.13. The summed E-state index contributed by atoms with van der Waals surface area (Å²) in [6.45, 7) is 1.82. The van der Waals surface area contributed by atoms with Gasteiger partial charge in [-0.05, 0) is 42.2 Å². The molecule has 0 saturated heterocycles. The molecule has 4 rings (SSSR count). The lowest BCUT2D eigenvalue weighted by Gasteiger charge is -2.16. The summed E-state index contributed by atoms with van der Waals surface area (Å²) in [5.74, 6) is -0.568. The largest absolute Gasteiger partial charge is 0.384 e. The van der Waals surface area contributed by atoms with E-state index in [2.05, 4.69) is 0 Å². The maximum atomic E-state index is 12.5. The molecule has 2 unspecified atom stereocenters. The van der Waals surface area contributed by atoms with Gasteiger partial charge in [0.15, 0.2) is 0 Å². The average Bonchev–Trinajstić information content (AvgIpc) is 3.36. The van der Waals surface area contributed by atoms with Gasteiger partial charge in [0.1, 0.15) is 10.0 Å². The number of nitrogen functional groups attached to an aromatic ring is 1. The molecule has 1 saturated carbocycles. The molecule has 31 heavy (non-hydrogen) atoms. The molecule has 1 heterocycles. The van der Waals surface area contributed by atoms with Crippen LogP contribution in [0.5, 0.6) is 0 Å². The van der Waals surface area contributed by atoms with Gasteiger partial charge < -0.3 is 11.5 Å². The molecule has 7 N–H and O–H groups in total. The molecule has 9 heteroatoms. The lowest BCUT2D eigenvalue weighted by molar-refractivity contribution is -0.120. The highest BCUT2D eigenvalue weighted by Gasteiger charge is 2.60. The van der Waals surface area contributed by atoms with E-state index in [4.69, 9.17) is 22.0 Å². The molecule has 160 valence electrons. The number of carbonyl (C=O) groups is 1. The number of nitrogens with two attached hydrogens (primary N) is 3. The molecule has 2 atom stereocenters. The molecule has 1 aromatic heterocycles. The molecule has 2 aromatic carbocycles. The van der Waals surface area contributed by atoms with Crippen LogP contribution in [0.2, 0.25) is 0 Å². The van der Waals surface area contributed by atoms with Gasteiger partial charge in [0.2, 0.25) is 15.9 Å². The van der Waals surface area contributed by atoms with Crippen molar-refractivity contribution in [2.75, 3.05) is 0 Å². The Morgan fingerprint density at radius 1 is 1.13 bits per heavy atom. The van der Waals surface area contributed by atoms with E-state index in [-0.39, 0.29) is 16.0 Å². The van der Waals surface area contributed by atoms with E-state index in [0.717, 1.165) is 27.3 Å². The van der Waals surface area contributed by atoms with Crippen molar-refractivity contribution in [3.05, 3.63) is 76.2 Å². The van der Waals surface area contributed by atoms with Crippen molar-refractivity contribution >= 4 is 33.1 Å². The number of hydrogen-bond donors (Lipinski definition) is 4. The van der Waals surface area contributed by atoms with E-state index in [9.17, 15) is 13.2 Å². The van der Waals surface area contributed by atoms with Crippen molar-refractivity contribution < 1.29 is 13.2 Å². The minimum atomic E-state index is -3.84. The molecular weight excluding hydrogens is 432 g/mol. The lowest BCUT2D eigenvalue weighted by Crippen LogP contribution is -2.30. The Morgan fingerprint density at radius 2 is 1.81 bits per heavy atom. The number of aryl methyl sites for hydroxylation is 1. The van der Waals surface area contributed by atoms with Gasteiger partial charge in [-0.3, -0.25) is 10.2 Å². The number of rotatable bonds is 6. The third kappa shape index (κ3) is 3.65. The number of primary amides is 1. The van der Waals surface area contributed by atoms with Crippen molar-refractivity contribution in [1.29, 1.82) is 5.41 Å².